The summed E-state index contributed by atoms with van der Waals surface area (Å²) in [4.78, 5) is 2.27. The molecule has 0 fully saturated rings. The minimum atomic E-state index is 0.304. The number of benzene rings is 1. The first-order chi connectivity index (χ1) is 10.1. The number of rotatable bonds is 1. The molecule has 0 unspecified atom stereocenters. The fraction of sp³-hybridized carbons (Fsp3) is 0.353. The van der Waals surface area contributed by atoms with Gasteiger partial charge in [-0.2, -0.15) is 0 Å². The smallest absolute Gasteiger partial charge is 0.174 e. The number of nitrogens with one attached hydrogen (secondary N) is 1. The zero-order valence-electron chi connectivity index (χ0n) is 12.8. The van der Waals surface area contributed by atoms with Crippen molar-refractivity contribution in [2.75, 3.05) is 11.9 Å². The third-order valence-corrected chi connectivity index (χ3v) is 4.65. The van der Waals surface area contributed by atoms with Gasteiger partial charge in [0.15, 0.2) is 5.11 Å². The van der Waals surface area contributed by atoms with Gasteiger partial charge in [-0.3, -0.25) is 0 Å². The van der Waals surface area contributed by atoms with E-state index in [9.17, 15) is 0 Å². The van der Waals surface area contributed by atoms with Gasteiger partial charge in [0.1, 0.15) is 0 Å². The summed E-state index contributed by atoms with van der Waals surface area (Å²) in [6.07, 6.45) is 2.14. The van der Waals surface area contributed by atoms with Crippen LogP contribution in [0.1, 0.15) is 29.8 Å². The second-order valence-corrected chi connectivity index (χ2v) is 6.08. The van der Waals surface area contributed by atoms with E-state index in [4.69, 9.17) is 12.2 Å². The summed E-state index contributed by atoms with van der Waals surface area (Å²) >= 11 is 5.66. The third kappa shape index (κ3) is 2.56. The molecule has 4 heteroatoms. The van der Waals surface area contributed by atoms with E-state index >= 15 is 0 Å². The van der Waals surface area contributed by atoms with Crippen molar-refractivity contribution in [2.45, 2.75) is 33.4 Å². The molecule has 0 saturated heterocycles. The van der Waals surface area contributed by atoms with Crippen molar-refractivity contribution in [3.63, 3.8) is 0 Å². The zero-order valence-corrected chi connectivity index (χ0v) is 13.6. The lowest BCUT2D eigenvalue weighted by molar-refractivity contribution is 0.276. The lowest BCUT2D eigenvalue weighted by Crippen LogP contribution is -2.43. The van der Waals surface area contributed by atoms with Gasteiger partial charge in [-0.25, -0.2) is 0 Å². The second-order valence-electron chi connectivity index (χ2n) is 5.69. The van der Waals surface area contributed by atoms with Crippen molar-refractivity contribution >= 4 is 23.0 Å². The van der Waals surface area contributed by atoms with E-state index < -0.39 is 0 Å². The molecule has 1 aliphatic heterocycles. The summed E-state index contributed by atoms with van der Waals surface area (Å²) in [6, 6.07) is 10.9. The molecule has 0 saturated carbocycles. The molecule has 0 radical (unpaired) electrons. The molecule has 0 spiro atoms. The monoisotopic (exact) mass is 299 g/mol. The van der Waals surface area contributed by atoms with Gasteiger partial charge in [-0.05, 0) is 56.2 Å². The van der Waals surface area contributed by atoms with E-state index in [2.05, 4.69) is 72.1 Å². The molecule has 110 valence electrons. The molecule has 1 atom stereocenters. The van der Waals surface area contributed by atoms with Crippen molar-refractivity contribution in [1.29, 1.82) is 0 Å². The molecule has 1 aliphatic rings. The average molecular weight is 299 g/mol. The third-order valence-electron chi connectivity index (χ3n) is 4.32. The van der Waals surface area contributed by atoms with Crippen molar-refractivity contribution in [2.24, 2.45) is 0 Å². The van der Waals surface area contributed by atoms with Crippen molar-refractivity contribution in [3.8, 4) is 0 Å². The van der Waals surface area contributed by atoms with Crippen LogP contribution in [-0.4, -0.2) is 21.1 Å². The van der Waals surface area contributed by atoms with Crippen LogP contribution in [-0.2, 0) is 6.54 Å². The normalized spacial score (nSPS) is 17.5. The van der Waals surface area contributed by atoms with Gasteiger partial charge >= 0.3 is 0 Å². The molecule has 2 aromatic rings. The first-order valence-corrected chi connectivity index (χ1v) is 7.77. The molecule has 0 aliphatic carbocycles. The Balaban J connectivity index is 1.81. The van der Waals surface area contributed by atoms with Crippen LogP contribution >= 0.6 is 12.2 Å². The molecule has 1 aromatic heterocycles. The van der Waals surface area contributed by atoms with E-state index in [0.29, 0.717) is 6.04 Å². The van der Waals surface area contributed by atoms with Crippen LogP contribution in [0.4, 0.5) is 5.69 Å². The largest absolute Gasteiger partial charge is 0.348 e. The van der Waals surface area contributed by atoms with E-state index in [0.717, 1.165) is 23.9 Å². The van der Waals surface area contributed by atoms with Crippen molar-refractivity contribution < 1.29 is 0 Å². The topological polar surface area (TPSA) is 20.2 Å². The lowest BCUT2D eigenvalue weighted by Gasteiger charge is -2.37. The average Bonchev–Trinajstić information content (AvgIpc) is 2.92. The molecule has 1 aromatic carbocycles. The summed E-state index contributed by atoms with van der Waals surface area (Å²) in [5.41, 5.74) is 4.92. The minimum Gasteiger partial charge on any atom is -0.348 e. The number of anilines is 1. The summed E-state index contributed by atoms with van der Waals surface area (Å²) in [7, 11) is 0. The Labute approximate surface area is 131 Å². The Morgan fingerprint density at radius 2 is 1.86 bits per heavy atom. The maximum absolute atomic E-state index is 5.66. The zero-order chi connectivity index (χ0) is 15.0. The van der Waals surface area contributed by atoms with Crippen LogP contribution in [0.15, 0.2) is 36.5 Å². The molecule has 3 nitrogen and oxygen atoms in total. The fourth-order valence-electron chi connectivity index (χ4n) is 3.05. The quantitative estimate of drug-likeness (QED) is 0.807. The predicted octanol–water partition coefficient (Wildman–Crippen LogP) is 3.88. The standard InChI is InChI=1S/C17H21N3S/c1-12-6-4-7-13(2)16(12)18-17(21)20-11-10-19-9-5-8-15(19)14(20)3/h4-9,14H,10-11H2,1-3H3,(H,18,21)/t14-/m1/s1. The number of hydrogen-bond acceptors (Lipinski definition) is 1. The van der Waals surface area contributed by atoms with Crippen LogP contribution in [0.2, 0.25) is 0 Å². The highest BCUT2D eigenvalue weighted by Gasteiger charge is 2.25. The molecule has 0 amide bonds. The number of nitrogens with zero attached hydrogens (tertiary/aromatic N) is 2. The SMILES string of the molecule is Cc1cccc(C)c1NC(=S)N1CCn2cccc2[C@H]1C. The first kappa shape index (κ1) is 14.1. The number of para-hydroxylation sites is 1. The highest BCUT2D eigenvalue weighted by molar-refractivity contribution is 7.80. The van der Waals surface area contributed by atoms with E-state index in [1.807, 2.05) is 0 Å². The molecule has 1 N–H and O–H groups in total. The number of fused-ring (bicyclic) bond motifs is 1. The van der Waals surface area contributed by atoms with E-state index in [1.165, 1.54) is 16.8 Å². The Morgan fingerprint density at radius 1 is 1.14 bits per heavy atom. The fourth-order valence-corrected chi connectivity index (χ4v) is 3.40. The summed E-state index contributed by atoms with van der Waals surface area (Å²) in [5.74, 6) is 0. The lowest BCUT2D eigenvalue weighted by atomic mass is 10.1. The van der Waals surface area contributed by atoms with E-state index in [-0.39, 0.29) is 0 Å². The minimum absolute atomic E-state index is 0.304. The van der Waals surface area contributed by atoms with Gasteiger partial charge in [0, 0.05) is 30.7 Å². The maximum atomic E-state index is 5.66. The predicted molar refractivity (Wildman–Crippen MR) is 91.7 cm³/mol. The van der Waals surface area contributed by atoms with Crippen molar-refractivity contribution in [3.05, 3.63) is 53.3 Å². The molecule has 3 rings (SSSR count). The van der Waals surface area contributed by atoms with Crippen LogP contribution in [0.3, 0.4) is 0 Å². The number of aromatic nitrogens is 1. The van der Waals surface area contributed by atoms with Crippen LogP contribution in [0.5, 0.6) is 0 Å². The van der Waals surface area contributed by atoms with Crippen LogP contribution < -0.4 is 5.32 Å². The van der Waals surface area contributed by atoms with Crippen LogP contribution in [0, 0.1) is 13.8 Å². The summed E-state index contributed by atoms with van der Waals surface area (Å²) < 4.78 is 2.31. The summed E-state index contributed by atoms with van der Waals surface area (Å²) in [6.45, 7) is 8.37. The molecule has 21 heavy (non-hydrogen) atoms. The van der Waals surface area contributed by atoms with Gasteiger partial charge in [-0.15, -0.1) is 0 Å². The molecular formula is C17H21N3S. The maximum Gasteiger partial charge on any atom is 0.174 e. The number of hydrogen-bond donors (Lipinski definition) is 1. The van der Waals surface area contributed by atoms with E-state index in [1.54, 1.807) is 0 Å². The summed E-state index contributed by atoms with van der Waals surface area (Å²) in [5, 5.41) is 4.26. The first-order valence-electron chi connectivity index (χ1n) is 7.37. The Hall–Kier alpha value is -1.81. The Morgan fingerprint density at radius 3 is 2.57 bits per heavy atom. The van der Waals surface area contributed by atoms with Gasteiger partial charge in [0.05, 0.1) is 6.04 Å². The van der Waals surface area contributed by atoms with Gasteiger partial charge in [0.2, 0.25) is 0 Å². The number of thiocarbonyl (C=S) groups is 1. The number of aryl methyl sites for hydroxylation is 2. The van der Waals surface area contributed by atoms with Gasteiger partial charge in [-0.1, -0.05) is 18.2 Å². The second kappa shape index (κ2) is 5.53. The molecular weight excluding hydrogens is 278 g/mol. The highest BCUT2D eigenvalue weighted by Crippen LogP contribution is 2.27. The Kier molecular flexibility index (Phi) is 3.72. The molecule has 0 bridgehead atoms. The van der Waals surface area contributed by atoms with Crippen LogP contribution in [0.25, 0.3) is 0 Å². The van der Waals surface area contributed by atoms with Gasteiger partial charge < -0.3 is 14.8 Å². The molecule has 2 heterocycles. The van der Waals surface area contributed by atoms with Gasteiger partial charge in [0.25, 0.3) is 0 Å². The Bertz CT molecular complexity index is 654. The highest BCUT2D eigenvalue weighted by atomic mass is 32.1. The van der Waals surface area contributed by atoms with Crippen molar-refractivity contribution in [1.82, 2.24) is 9.47 Å².